The van der Waals surface area contributed by atoms with E-state index < -0.39 is 11.9 Å². The molecule has 1 atom stereocenters. The van der Waals surface area contributed by atoms with Gasteiger partial charge in [0.25, 0.3) is 0 Å². The number of amides is 1. The van der Waals surface area contributed by atoms with Gasteiger partial charge in [-0.05, 0) is 29.0 Å². The van der Waals surface area contributed by atoms with Gasteiger partial charge in [-0.15, -0.1) is 0 Å². The van der Waals surface area contributed by atoms with Crippen molar-refractivity contribution in [1.29, 1.82) is 0 Å². The quantitative estimate of drug-likeness (QED) is 0.898. The molecule has 130 valence electrons. The minimum atomic E-state index is -0.882. The number of carboxylic acid groups (broad SMARTS) is 1. The molecule has 0 bridgehead atoms. The summed E-state index contributed by atoms with van der Waals surface area (Å²) in [6.07, 6.45) is 1.11. The van der Waals surface area contributed by atoms with Gasteiger partial charge in [0.1, 0.15) is 5.92 Å². The Bertz CT molecular complexity index is 783. The highest BCUT2D eigenvalue weighted by atomic mass is 16.4. The van der Waals surface area contributed by atoms with E-state index in [0.717, 1.165) is 11.3 Å². The van der Waals surface area contributed by atoms with Crippen LogP contribution in [0, 0.1) is 0 Å². The molecule has 0 fully saturated rings. The van der Waals surface area contributed by atoms with Gasteiger partial charge in [0.05, 0.1) is 0 Å². The molecule has 0 saturated carbocycles. The second-order valence-corrected chi connectivity index (χ2v) is 7.20. The topological polar surface area (TPSA) is 57.6 Å². The molecule has 25 heavy (non-hydrogen) atoms. The van der Waals surface area contributed by atoms with E-state index in [2.05, 4.69) is 26.0 Å². The Morgan fingerprint density at radius 3 is 2.40 bits per heavy atom. The van der Waals surface area contributed by atoms with Crippen LogP contribution in [0.4, 0.5) is 5.69 Å². The number of carbonyl (C=O) groups is 2. The number of aliphatic carboxylic acids is 1. The Labute approximate surface area is 148 Å². The van der Waals surface area contributed by atoms with Gasteiger partial charge in [0.2, 0.25) is 5.91 Å². The molecule has 0 spiro atoms. The molecule has 1 N–H and O–H groups in total. The molecule has 1 aliphatic heterocycles. The van der Waals surface area contributed by atoms with Gasteiger partial charge in [-0.1, -0.05) is 62.4 Å². The van der Waals surface area contributed by atoms with Crippen molar-refractivity contribution in [3.8, 4) is 0 Å². The summed E-state index contributed by atoms with van der Waals surface area (Å²) in [5, 5.41) is 9.43. The number of anilines is 1. The van der Waals surface area contributed by atoms with Crippen LogP contribution in [-0.2, 0) is 15.0 Å². The van der Waals surface area contributed by atoms with Gasteiger partial charge < -0.3 is 10.0 Å². The van der Waals surface area contributed by atoms with Gasteiger partial charge in [0, 0.05) is 18.7 Å². The van der Waals surface area contributed by atoms with Gasteiger partial charge in [-0.25, -0.2) is 0 Å². The molecule has 0 aliphatic carbocycles. The molecule has 1 unspecified atom stereocenters. The van der Waals surface area contributed by atoms with E-state index in [-0.39, 0.29) is 17.9 Å². The third-order valence-corrected chi connectivity index (χ3v) is 5.09. The molecule has 2 aromatic rings. The van der Waals surface area contributed by atoms with Crippen LogP contribution in [0.15, 0.2) is 54.6 Å². The zero-order chi connectivity index (χ0) is 18.0. The average molecular weight is 337 g/mol. The van der Waals surface area contributed by atoms with Crippen LogP contribution in [0.2, 0.25) is 0 Å². The fourth-order valence-electron chi connectivity index (χ4n) is 3.44. The summed E-state index contributed by atoms with van der Waals surface area (Å²) in [6, 6.07) is 17.5. The van der Waals surface area contributed by atoms with Crippen molar-refractivity contribution in [1.82, 2.24) is 0 Å². The van der Waals surface area contributed by atoms with E-state index in [0.29, 0.717) is 12.8 Å². The predicted molar refractivity (Wildman–Crippen MR) is 97.9 cm³/mol. The Kier molecular flexibility index (Phi) is 4.62. The van der Waals surface area contributed by atoms with Crippen LogP contribution in [0.5, 0.6) is 0 Å². The van der Waals surface area contributed by atoms with Crippen LogP contribution in [0.25, 0.3) is 0 Å². The number of carbonyl (C=O) groups excluding carboxylic acids is 1. The number of rotatable bonds is 5. The molecule has 0 aromatic heterocycles. The van der Waals surface area contributed by atoms with Crippen LogP contribution in [-0.4, -0.2) is 23.5 Å². The van der Waals surface area contributed by atoms with Crippen LogP contribution in [0.1, 0.15) is 43.7 Å². The average Bonchev–Trinajstić information content (AvgIpc) is 3.00. The fourth-order valence-corrected chi connectivity index (χ4v) is 3.44. The van der Waals surface area contributed by atoms with Crippen molar-refractivity contribution in [2.45, 2.75) is 38.0 Å². The lowest BCUT2D eigenvalue weighted by Crippen LogP contribution is -2.32. The van der Waals surface area contributed by atoms with Crippen molar-refractivity contribution in [3.63, 3.8) is 0 Å². The monoisotopic (exact) mass is 337 g/mol. The summed E-state index contributed by atoms with van der Waals surface area (Å²) in [7, 11) is 0. The third kappa shape index (κ3) is 3.43. The largest absolute Gasteiger partial charge is 0.481 e. The van der Waals surface area contributed by atoms with E-state index >= 15 is 0 Å². The summed E-state index contributed by atoms with van der Waals surface area (Å²) in [5.41, 5.74) is 2.55. The molecule has 1 heterocycles. The molecule has 3 rings (SSSR count). The molecular weight excluding hydrogens is 314 g/mol. The standard InChI is InChI=1S/C21H23NO3/c1-21(2,15-8-4-3-5-9-15)13-12-19(23)22-14-17(20(24)25)16-10-6-7-11-18(16)22/h3-11,17H,12-14H2,1-2H3,(H,24,25). The van der Waals surface area contributed by atoms with Crippen molar-refractivity contribution in [3.05, 3.63) is 65.7 Å². The van der Waals surface area contributed by atoms with Gasteiger partial charge in [0.15, 0.2) is 0 Å². The number of fused-ring (bicyclic) bond motifs is 1. The minimum absolute atomic E-state index is 0.0137. The van der Waals surface area contributed by atoms with Gasteiger partial charge in [-0.3, -0.25) is 9.59 Å². The fraction of sp³-hybridized carbons (Fsp3) is 0.333. The van der Waals surface area contributed by atoms with Crippen molar-refractivity contribution in [2.24, 2.45) is 0 Å². The summed E-state index contributed by atoms with van der Waals surface area (Å²) >= 11 is 0. The number of para-hydroxylation sites is 1. The number of nitrogens with zero attached hydrogens (tertiary/aromatic N) is 1. The highest BCUT2D eigenvalue weighted by molar-refractivity contribution is 5.99. The first-order chi connectivity index (χ1) is 11.9. The molecule has 2 aromatic carbocycles. The van der Waals surface area contributed by atoms with E-state index in [9.17, 15) is 14.7 Å². The summed E-state index contributed by atoms with van der Waals surface area (Å²) in [6.45, 7) is 4.49. The van der Waals surface area contributed by atoms with Crippen LogP contribution >= 0.6 is 0 Å². The van der Waals surface area contributed by atoms with E-state index in [1.54, 1.807) is 11.0 Å². The maximum absolute atomic E-state index is 12.8. The third-order valence-electron chi connectivity index (χ3n) is 5.09. The first-order valence-corrected chi connectivity index (χ1v) is 8.58. The first kappa shape index (κ1) is 17.2. The number of hydrogen-bond acceptors (Lipinski definition) is 2. The van der Waals surface area contributed by atoms with E-state index in [1.807, 2.05) is 36.4 Å². The molecule has 4 nitrogen and oxygen atoms in total. The molecule has 4 heteroatoms. The first-order valence-electron chi connectivity index (χ1n) is 8.58. The maximum Gasteiger partial charge on any atom is 0.312 e. The van der Waals surface area contributed by atoms with Crippen LogP contribution in [0.3, 0.4) is 0 Å². The van der Waals surface area contributed by atoms with Gasteiger partial charge in [-0.2, -0.15) is 0 Å². The predicted octanol–water partition coefficient (Wildman–Crippen LogP) is 3.96. The number of benzene rings is 2. The Morgan fingerprint density at radius 2 is 1.72 bits per heavy atom. The highest BCUT2D eigenvalue weighted by Crippen LogP contribution is 2.37. The lowest BCUT2D eigenvalue weighted by molar-refractivity contribution is -0.138. The lowest BCUT2D eigenvalue weighted by atomic mass is 9.80. The maximum atomic E-state index is 12.8. The van der Waals surface area contributed by atoms with Gasteiger partial charge >= 0.3 is 5.97 Å². The summed E-state index contributed by atoms with van der Waals surface area (Å²) in [5.74, 6) is -1.53. The van der Waals surface area contributed by atoms with Crippen molar-refractivity contribution >= 4 is 17.6 Å². The van der Waals surface area contributed by atoms with Crippen molar-refractivity contribution < 1.29 is 14.7 Å². The summed E-state index contributed by atoms with van der Waals surface area (Å²) in [4.78, 5) is 25.9. The normalized spacial score (nSPS) is 16.6. The molecule has 1 aliphatic rings. The molecule has 0 radical (unpaired) electrons. The highest BCUT2D eigenvalue weighted by Gasteiger charge is 2.36. The van der Waals surface area contributed by atoms with E-state index in [1.165, 1.54) is 5.56 Å². The zero-order valence-electron chi connectivity index (χ0n) is 14.6. The second kappa shape index (κ2) is 6.71. The Hall–Kier alpha value is -2.62. The second-order valence-electron chi connectivity index (χ2n) is 7.20. The molecule has 1 amide bonds. The number of hydrogen-bond donors (Lipinski definition) is 1. The SMILES string of the molecule is CC(C)(CCC(=O)N1CC(C(=O)O)c2ccccc21)c1ccccc1. The lowest BCUT2D eigenvalue weighted by Gasteiger charge is -2.26. The van der Waals surface area contributed by atoms with Crippen molar-refractivity contribution in [2.75, 3.05) is 11.4 Å². The summed E-state index contributed by atoms with van der Waals surface area (Å²) < 4.78 is 0. The Morgan fingerprint density at radius 1 is 1.08 bits per heavy atom. The van der Waals surface area contributed by atoms with E-state index in [4.69, 9.17) is 0 Å². The smallest absolute Gasteiger partial charge is 0.312 e. The molecule has 0 saturated heterocycles. The van der Waals surface area contributed by atoms with Crippen LogP contribution < -0.4 is 4.90 Å². The zero-order valence-corrected chi connectivity index (χ0v) is 14.6. The number of carboxylic acids is 1. The Balaban J connectivity index is 1.73. The molecular formula is C21H23NO3. The minimum Gasteiger partial charge on any atom is -0.481 e.